The van der Waals surface area contributed by atoms with Crippen LogP contribution >= 0.6 is 0 Å². The van der Waals surface area contributed by atoms with Gasteiger partial charge in [-0.25, -0.2) is 0 Å². The van der Waals surface area contributed by atoms with Crippen LogP contribution in [-0.2, 0) is 0 Å². The second kappa shape index (κ2) is 23.4. The Balaban J connectivity index is 0.920. The molecule has 0 spiro atoms. The fraction of sp³-hybridized carbons (Fsp3) is 0.114. The summed E-state index contributed by atoms with van der Waals surface area (Å²) in [5, 5.41) is 0. The molecule has 0 aromatic heterocycles. The number of hydrogen-bond acceptors (Lipinski definition) is 6. The van der Waals surface area contributed by atoms with Gasteiger partial charge in [-0.1, -0.05) is 212 Å². The van der Waals surface area contributed by atoms with Gasteiger partial charge in [-0.15, -0.1) is 0 Å². The predicted octanol–water partition coefficient (Wildman–Crippen LogP) is 18.5. The molecule has 13 aromatic rings. The highest BCUT2D eigenvalue weighted by Crippen LogP contribution is 2.52. The van der Waals surface area contributed by atoms with E-state index in [1.54, 1.807) is 0 Å². The topological polar surface area (TPSA) is 19.4 Å². The molecule has 0 amide bonds. The smallest absolute Gasteiger partial charge is 0.252 e. The minimum absolute atomic E-state index is 0.146. The molecule has 8 heteroatoms. The van der Waals surface area contributed by atoms with Gasteiger partial charge in [0.15, 0.2) is 0 Å². The Kier molecular flexibility index (Phi) is 13.7. The first-order chi connectivity index (χ1) is 47.6. The standard InChI is InChI=1S/C88H70B2N6/c1-9-27-61(28-10-1)65-35-25-41-71(51-65)95-79-53-67(63-31-13-3-14-32-63)43-45-75(79)89-77-59-78-82(60-81(77)93(69-37-17-5-18-38-69)83-55-73(57-85(95)87(83)89)91-47-21-7-22-48-91)94(70-39-19-6-20-40-70)84-56-74(92-49-23-8-24-50-92)58-86-88(84)90(78)76-46-44-68(64-33-15-4-16-34-64)54-80(76)96(86)72-42-26-36-66(52-72)62-29-11-2-12-30-62/h1-6,9-20,25-46,51-60H,7-8,21-24,47-50H2. The fourth-order valence-corrected chi connectivity index (χ4v) is 16.9. The van der Waals surface area contributed by atoms with Crippen molar-refractivity contribution in [3.63, 3.8) is 0 Å². The van der Waals surface area contributed by atoms with Crippen molar-refractivity contribution < 1.29 is 0 Å². The Hall–Kier alpha value is -11.2. The summed E-state index contributed by atoms with van der Waals surface area (Å²) in [6, 6.07) is 115. The molecule has 6 aliphatic heterocycles. The molecule has 19 rings (SSSR count). The Bertz CT molecular complexity index is 4800. The zero-order valence-electron chi connectivity index (χ0n) is 53.8. The van der Waals surface area contributed by atoms with Gasteiger partial charge >= 0.3 is 0 Å². The number of benzene rings is 13. The average Bonchev–Trinajstić information content (AvgIpc) is 0.683. The molecule has 96 heavy (non-hydrogen) atoms. The van der Waals surface area contributed by atoms with Gasteiger partial charge in [-0.2, -0.15) is 0 Å². The lowest BCUT2D eigenvalue weighted by molar-refractivity contribution is 0.578. The summed E-state index contributed by atoms with van der Waals surface area (Å²) in [5.41, 5.74) is 34.2. The third-order valence-electron chi connectivity index (χ3n) is 21.3. The van der Waals surface area contributed by atoms with Crippen LogP contribution in [0, 0.1) is 0 Å². The van der Waals surface area contributed by atoms with Crippen LogP contribution in [0.4, 0.5) is 79.6 Å². The molecule has 13 aromatic carbocycles. The summed E-state index contributed by atoms with van der Waals surface area (Å²) in [5.74, 6) is 0. The van der Waals surface area contributed by atoms with Gasteiger partial charge in [-0.05, 0) is 207 Å². The van der Waals surface area contributed by atoms with Crippen molar-refractivity contribution in [3.05, 3.63) is 303 Å². The summed E-state index contributed by atoms with van der Waals surface area (Å²) < 4.78 is 0. The lowest BCUT2D eigenvalue weighted by atomic mass is 9.30. The van der Waals surface area contributed by atoms with E-state index in [0.717, 1.165) is 48.9 Å². The van der Waals surface area contributed by atoms with Crippen molar-refractivity contribution in [2.75, 3.05) is 55.6 Å². The van der Waals surface area contributed by atoms with Crippen LogP contribution in [0.1, 0.15) is 38.5 Å². The molecule has 458 valence electrons. The molecule has 6 heterocycles. The molecule has 0 radical (unpaired) electrons. The first-order valence-electron chi connectivity index (χ1n) is 34.7. The molecule has 6 nitrogen and oxygen atoms in total. The van der Waals surface area contributed by atoms with Crippen molar-refractivity contribution in [1.82, 2.24) is 0 Å². The predicted molar refractivity (Wildman–Crippen MR) is 408 cm³/mol. The molecule has 0 bridgehead atoms. The van der Waals surface area contributed by atoms with E-state index >= 15 is 0 Å². The van der Waals surface area contributed by atoms with E-state index in [0.29, 0.717) is 0 Å². The van der Waals surface area contributed by atoms with Gasteiger partial charge in [0.05, 0.1) is 0 Å². The summed E-state index contributed by atoms with van der Waals surface area (Å²) >= 11 is 0. The Morgan fingerprint density at radius 2 is 0.479 bits per heavy atom. The summed E-state index contributed by atoms with van der Waals surface area (Å²) in [6.07, 6.45) is 7.19. The van der Waals surface area contributed by atoms with E-state index in [9.17, 15) is 0 Å². The molecular formula is C88H70B2N6. The summed E-state index contributed by atoms with van der Waals surface area (Å²) in [6.45, 7) is 3.79. The SMILES string of the molecule is c1ccc(-c2cccc(N3c4cc(-c5ccccc5)ccc4B4c5cc6c(cc5N(c5ccccc5)c5cc(N7CCCCC7)cc3c54)N(c3ccccc3)c3cc(N4CCCCC4)cc4c3B6c3ccc(-c5ccccc5)cc3N4c3cccc(-c4ccccc4)c3)c2)cc1. The normalized spacial score (nSPS) is 14.9. The molecule has 0 saturated carbocycles. The zero-order chi connectivity index (χ0) is 63.2. The quantitative estimate of drug-likeness (QED) is 0.126. The third-order valence-corrected chi connectivity index (χ3v) is 21.3. The van der Waals surface area contributed by atoms with Gasteiger partial charge in [0.2, 0.25) is 0 Å². The first-order valence-corrected chi connectivity index (χ1v) is 34.7. The van der Waals surface area contributed by atoms with Crippen molar-refractivity contribution >= 4 is 126 Å². The maximum Gasteiger partial charge on any atom is 0.252 e. The largest absolute Gasteiger partial charge is 0.371 e. The number of fused-ring (bicyclic) bond motifs is 8. The molecule has 0 unspecified atom stereocenters. The lowest BCUT2D eigenvalue weighted by Crippen LogP contribution is -2.65. The minimum atomic E-state index is -0.146. The summed E-state index contributed by atoms with van der Waals surface area (Å²) in [7, 11) is 0. The van der Waals surface area contributed by atoms with E-state index in [1.165, 1.54) is 173 Å². The summed E-state index contributed by atoms with van der Waals surface area (Å²) in [4.78, 5) is 15.9. The van der Waals surface area contributed by atoms with Gasteiger partial charge in [-0.3, -0.25) is 0 Å². The van der Waals surface area contributed by atoms with Crippen LogP contribution in [-0.4, -0.2) is 39.6 Å². The van der Waals surface area contributed by atoms with E-state index in [1.807, 2.05) is 0 Å². The number of hydrogen-bond donors (Lipinski definition) is 0. The molecule has 0 aliphatic carbocycles. The van der Waals surface area contributed by atoms with Crippen molar-refractivity contribution in [2.24, 2.45) is 0 Å². The second-order valence-corrected chi connectivity index (χ2v) is 26.9. The van der Waals surface area contributed by atoms with Gasteiger partial charge in [0, 0.05) is 106 Å². The molecule has 6 aliphatic rings. The first kappa shape index (κ1) is 56.3. The van der Waals surface area contributed by atoms with Crippen LogP contribution < -0.4 is 62.2 Å². The Morgan fingerprint density at radius 3 is 0.833 bits per heavy atom. The maximum atomic E-state index is 2.70. The Labute approximate surface area is 564 Å². The molecule has 0 atom stereocenters. The zero-order valence-corrected chi connectivity index (χ0v) is 53.8. The van der Waals surface area contributed by atoms with E-state index in [-0.39, 0.29) is 13.4 Å². The molecule has 2 fully saturated rings. The van der Waals surface area contributed by atoms with Crippen LogP contribution in [0.3, 0.4) is 0 Å². The van der Waals surface area contributed by atoms with E-state index < -0.39 is 0 Å². The number of rotatable bonds is 10. The van der Waals surface area contributed by atoms with Crippen LogP contribution in [0.2, 0.25) is 0 Å². The van der Waals surface area contributed by atoms with Crippen molar-refractivity contribution in [1.29, 1.82) is 0 Å². The molecule has 0 N–H and O–H groups in total. The highest BCUT2D eigenvalue weighted by atomic mass is 15.2. The second-order valence-electron chi connectivity index (χ2n) is 26.9. The number of para-hydroxylation sites is 2. The van der Waals surface area contributed by atoms with Crippen LogP contribution in [0.25, 0.3) is 44.5 Å². The van der Waals surface area contributed by atoms with Crippen molar-refractivity contribution in [2.45, 2.75) is 38.5 Å². The molecular weight excluding hydrogens is 1160 g/mol. The number of anilines is 14. The van der Waals surface area contributed by atoms with Crippen LogP contribution in [0.15, 0.2) is 303 Å². The highest BCUT2D eigenvalue weighted by Gasteiger charge is 2.49. The number of nitrogens with zero attached hydrogens (tertiary/aromatic N) is 6. The highest BCUT2D eigenvalue weighted by molar-refractivity contribution is 7.03. The third kappa shape index (κ3) is 9.40. The van der Waals surface area contributed by atoms with Gasteiger partial charge in [0.1, 0.15) is 0 Å². The van der Waals surface area contributed by atoms with Gasteiger partial charge < -0.3 is 29.4 Å². The molecule has 2 saturated heterocycles. The lowest BCUT2D eigenvalue weighted by Gasteiger charge is -2.48. The minimum Gasteiger partial charge on any atom is -0.371 e. The average molecular weight is 1230 g/mol. The van der Waals surface area contributed by atoms with Gasteiger partial charge in [0.25, 0.3) is 13.4 Å². The number of piperidine rings is 2. The maximum absolute atomic E-state index is 2.70. The Morgan fingerprint density at radius 1 is 0.188 bits per heavy atom. The van der Waals surface area contributed by atoms with E-state index in [2.05, 4.69) is 333 Å². The fourth-order valence-electron chi connectivity index (χ4n) is 16.9. The van der Waals surface area contributed by atoms with Crippen LogP contribution in [0.5, 0.6) is 0 Å². The van der Waals surface area contributed by atoms with Crippen molar-refractivity contribution in [3.8, 4) is 44.5 Å². The van der Waals surface area contributed by atoms with E-state index in [4.69, 9.17) is 0 Å². The monoisotopic (exact) mass is 1230 g/mol.